The molecular weight excluding hydrogens is 158 g/mol. The molecule has 1 aliphatic rings. The Morgan fingerprint density at radius 3 is 2.15 bits per heavy atom. The first-order chi connectivity index (χ1) is 6.11. The molecule has 1 rings (SSSR count). The maximum atomic E-state index is 2.70. The Morgan fingerprint density at radius 1 is 1.15 bits per heavy atom. The molecule has 0 saturated carbocycles. The van der Waals surface area contributed by atoms with Crippen molar-refractivity contribution in [3.8, 4) is 0 Å². The lowest BCUT2D eigenvalue weighted by atomic mass is 9.96. The van der Waals surface area contributed by atoms with Crippen LogP contribution in [0.15, 0.2) is 0 Å². The number of piperidine rings is 1. The molecule has 0 unspecified atom stereocenters. The van der Waals surface area contributed by atoms with Gasteiger partial charge in [0, 0.05) is 12.1 Å². The lowest BCUT2D eigenvalue weighted by molar-refractivity contribution is 0.0978. The molecule has 1 aliphatic heterocycles. The lowest BCUT2D eigenvalue weighted by Gasteiger charge is -2.39. The van der Waals surface area contributed by atoms with Gasteiger partial charge in [-0.3, -0.25) is 4.90 Å². The second kappa shape index (κ2) is 4.99. The first-order valence-corrected chi connectivity index (χ1v) is 5.87. The Balaban J connectivity index is 2.35. The van der Waals surface area contributed by atoms with E-state index in [1.165, 1.54) is 32.2 Å². The van der Waals surface area contributed by atoms with E-state index in [1.54, 1.807) is 0 Å². The van der Waals surface area contributed by atoms with Gasteiger partial charge >= 0.3 is 0 Å². The minimum absolute atomic E-state index is 0.822. The molecule has 2 atom stereocenters. The third-order valence-corrected chi connectivity index (χ3v) is 3.34. The van der Waals surface area contributed by atoms with Crippen LogP contribution in [0.3, 0.4) is 0 Å². The standard InChI is InChI=1S/C12H25N/c1-10(2)8-9-13-11(3)6-5-7-12(13)4/h10-12H,5-9H2,1-4H3/t11-,12-/m1/s1. The van der Waals surface area contributed by atoms with Crippen LogP contribution in [-0.4, -0.2) is 23.5 Å². The van der Waals surface area contributed by atoms with Crippen molar-refractivity contribution in [3.63, 3.8) is 0 Å². The summed E-state index contributed by atoms with van der Waals surface area (Å²) in [6, 6.07) is 1.64. The van der Waals surface area contributed by atoms with Crippen molar-refractivity contribution < 1.29 is 0 Å². The summed E-state index contributed by atoms with van der Waals surface area (Å²) in [6.07, 6.45) is 5.60. The van der Waals surface area contributed by atoms with Gasteiger partial charge in [0.05, 0.1) is 0 Å². The number of hydrogen-bond acceptors (Lipinski definition) is 1. The van der Waals surface area contributed by atoms with Crippen molar-refractivity contribution >= 4 is 0 Å². The predicted octanol–water partition coefficient (Wildman–Crippen LogP) is 3.30. The average Bonchev–Trinajstić information content (AvgIpc) is 2.03. The van der Waals surface area contributed by atoms with E-state index < -0.39 is 0 Å². The molecule has 0 aromatic carbocycles. The monoisotopic (exact) mass is 183 g/mol. The predicted molar refractivity (Wildman–Crippen MR) is 58.9 cm³/mol. The summed E-state index contributed by atoms with van der Waals surface area (Å²) in [5.74, 6) is 0.848. The van der Waals surface area contributed by atoms with Crippen LogP contribution >= 0.6 is 0 Å². The average molecular weight is 183 g/mol. The van der Waals surface area contributed by atoms with E-state index in [9.17, 15) is 0 Å². The molecule has 13 heavy (non-hydrogen) atoms. The lowest BCUT2D eigenvalue weighted by Crippen LogP contribution is -2.44. The van der Waals surface area contributed by atoms with Crippen molar-refractivity contribution in [1.29, 1.82) is 0 Å². The molecule has 1 heterocycles. The van der Waals surface area contributed by atoms with E-state index in [0.29, 0.717) is 0 Å². The minimum Gasteiger partial charge on any atom is -0.298 e. The summed E-state index contributed by atoms with van der Waals surface area (Å²) in [5.41, 5.74) is 0. The molecule has 0 amide bonds. The molecule has 0 bridgehead atoms. The second-order valence-electron chi connectivity index (χ2n) is 5.05. The highest BCUT2D eigenvalue weighted by atomic mass is 15.2. The number of nitrogens with zero attached hydrogens (tertiary/aromatic N) is 1. The SMILES string of the molecule is CC(C)CCN1[C@H](C)CCC[C@H]1C. The fourth-order valence-corrected chi connectivity index (χ4v) is 2.32. The van der Waals surface area contributed by atoms with Gasteiger partial charge in [-0.25, -0.2) is 0 Å². The molecule has 0 aromatic rings. The Labute approximate surface area is 83.5 Å². The van der Waals surface area contributed by atoms with Gasteiger partial charge in [0.25, 0.3) is 0 Å². The van der Waals surface area contributed by atoms with Crippen LogP contribution in [0.25, 0.3) is 0 Å². The Kier molecular flexibility index (Phi) is 4.24. The summed E-state index contributed by atoms with van der Waals surface area (Å²) >= 11 is 0. The Hall–Kier alpha value is -0.0400. The third kappa shape index (κ3) is 3.30. The maximum Gasteiger partial charge on any atom is 0.00697 e. The van der Waals surface area contributed by atoms with E-state index in [4.69, 9.17) is 0 Å². The molecule has 1 heteroatoms. The zero-order chi connectivity index (χ0) is 9.84. The molecule has 0 N–H and O–H groups in total. The Morgan fingerprint density at radius 2 is 1.69 bits per heavy atom. The topological polar surface area (TPSA) is 3.24 Å². The normalized spacial score (nSPS) is 31.2. The molecule has 78 valence electrons. The van der Waals surface area contributed by atoms with E-state index in [-0.39, 0.29) is 0 Å². The zero-order valence-electron chi connectivity index (χ0n) is 9.71. The molecule has 0 aromatic heterocycles. The maximum absolute atomic E-state index is 2.70. The minimum atomic E-state index is 0.822. The van der Waals surface area contributed by atoms with Gasteiger partial charge in [-0.05, 0) is 45.6 Å². The molecule has 1 fully saturated rings. The summed E-state index contributed by atoms with van der Waals surface area (Å²) in [7, 11) is 0. The van der Waals surface area contributed by atoms with Gasteiger partial charge in [-0.2, -0.15) is 0 Å². The van der Waals surface area contributed by atoms with E-state index in [1.807, 2.05) is 0 Å². The van der Waals surface area contributed by atoms with Crippen molar-refractivity contribution in [2.24, 2.45) is 5.92 Å². The molecule has 0 spiro atoms. The van der Waals surface area contributed by atoms with Crippen molar-refractivity contribution in [2.45, 2.75) is 65.5 Å². The van der Waals surface area contributed by atoms with Crippen LogP contribution in [0.2, 0.25) is 0 Å². The number of hydrogen-bond donors (Lipinski definition) is 0. The highest BCUT2D eigenvalue weighted by Crippen LogP contribution is 2.23. The molecule has 0 aliphatic carbocycles. The van der Waals surface area contributed by atoms with Gasteiger partial charge in [-0.1, -0.05) is 20.3 Å². The molecule has 1 saturated heterocycles. The fourth-order valence-electron chi connectivity index (χ4n) is 2.32. The summed E-state index contributed by atoms with van der Waals surface area (Å²) < 4.78 is 0. The summed E-state index contributed by atoms with van der Waals surface area (Å²) in [6.45, 7) is 10.7. The Bertz CT molecular complexity index is 132. The van der Waals surface area contributed by atoms with Gasteiger partial charge in [-0.15, -0.1) is 0 Å². The van der Waals surface area contributed by atoms with E-state index >= 15 is 0 Å². The van der Waals surface area contributed by atoms with Crippen molar-refractivity contribution in [3.05, 3.63) is 0 Å². The molecule has 0 radical (unpaired) electrons. The van der Waals surface area contributed by atoms with E-state index in [2.05, 4.69) is 32.6 Å². The second-order valence-corrected chi connectivity index (χ2v) is 5.05. The molecule has 1 nitrogen and oxygen atoms in total. The van der Waals surface area contributed by atoms with E-state index in [0.717, 1.165) is 18.0 Å². The van der Waals surface area contributed by atoms with Crippen LogP contribution < -0.4 is 0 Å². The third-order valence-electron chi connectivity index (χ3n) is 3.34. The van der Waals surface area contributed by atoms with Crippen LogP contribution in [0.4, 0.5) is 0 Å². The highest BCUT2D eigenvalue weighted by Gasteiger charge is 2.23. The first kappa shape index (κ1) is 11.0. The van der Waals surface area contributed by atoms with Crippen LogP contribution in [-0.2, 0) is 0 Å². The number of likely N-dealkylation sites (tertiary alicyclic amines) is 1. The molecular formula is C12H25N. The van der Waals surface area contributed by atoms with Crippen LogP contribution in [0.1, 0.15) is 53.4 Å². The van der Waals surface area contributed by atoms with Crippen LogP contribution in [0.5, 0.6) is 0 Å². The van der Waals surface area contributed by atoms with Gasteiger partial charge in [0.15, 0.2) is 0 Å². The first-order valence-electron chi connectivity index (χ1n) is 5.87. The zero-order valence-corrected chi connectivity index (χ0v) is 9.71. The van der Waals surface area contributed by atoms with Crippen LogP contribution in [0, 0.1) is 5.92 Å². The quantitative estimate of drug-likeness (QED) is 0.649. The van der Waals surface area contributed by atoms with Gasteiger partial charge in [0.2, 0.25) is 0 Å². The summed E-state index contributed by atoms with van der Waals surface area (Å²) in [5, 5.41) is 0. The number of rotatable bonds is 3. The smallest absolute Gasteiger partial charge is 0.00697 e. The fraction of sp³-hybridized carbons (Fsp3) is 1.00. The largest absolute Gasteiger partial charge is 0.298 e. The van der Waals surface area contributed by atoms with Crippen molar-refractivity contribution in [2.75, 3.05) is 6.54 Å². The highest BCUT2D eigenvalue weighted by molar-refractivity contribution is 4.79. The van der Waals surface area contributed by atoms with Crippen molar-refractivity contribution in [1.82, 2.24) is 4.90 Å². The van der Waals surface area contributed by atoms with Gasteiger partial charge < -0.3 is 0 Å². The summed E-state index contributed by atoms with van der Waals surface area (Å²) in [4.78, 5) is 2.70. The van der Waals surface area contributed by atoms with Gasteiger partial charge in [0.1, 0.15) is 0 Å².